The van der Waals surface area contributed by atoms with E-state index in [2.05, 4.69) is 52.4 Å². The van der Waals surface area contributed by atoms with E-state index >= 15 is 0 Å². The third-order valence-electron chi connectivity index (χ3n) is 6.33. The molecule has 1 amide bonds. The van der Waals surface area contributed by atoms with E-state index in [1.807, 2.05) is 36.2 Å². The number of hydrogen-bond donors (Lipinski definition) is 0. The van der Waals surface area contributed by atoms with Crippen LogP contribution >= 0.6 is 0 Å². The predicted molar refractivity (Wildman–Crippen MR) is 139 cm³/mol. The number of ether oxygens (including phenoxy) is 2. The van der Waals surface area contributed by atoms with Crippen LogP contribution in [0.15, 0.2) is 85.3 Å². The zero-order valence-corrected chi connectivity index (χ0v) is 20.4. The lowest BCUT2D eigenvalue weighted by Crippen LogP contribution is -2.34. The van der Waals surface area contributed by atoms with Gasteiger partial charge in [-0.2, -0.15) is 0 Å². The molecule has 3 heterocycles. The lowest BCUT2D eigenvalue weighted by Gasteiger charge is -2.24. The van der Waals surface area contributed by atoms with Gasteiger partial charge >= 0.3 is 0 Å². The molecule has 0 radical (unpaired) electrons. The zero-order valence-electron chi connectivity index (χ0n) is 20.4. The molecule has 0 unspecified atom stereocenters. The minimum Gasteiger partial charge on any atom is -0.491 e. The topological polar surface area (TPSA) is 64.6 Å². The van der Waals surface area contributed by atoms with E-state index in [1.54, 1.807) is 18.5 Å². The number of fused-ring (bicyclic) bond motifs is 3. The van der Waals surface area contributed by atoms with Gasteiger partial charge in [0.05, 0.1) is 18.8 Å². The number of aryl methyl sites for hydroxylation is 1. The van der Waals surface area contributed by atoms with Crippen molar-refractivity contribution in [2.45, 2.75) is 19.9 Å². The summed E-state index contributed by atoms with van der Waals surface area (Å²) in [6.07, 6.45) is 6.07. The summed E-state index contributed by atoms with van der Waals surface area (Å²) in [6, 6.07) is 22.3. The van der Waals surface area contributed by atoms with Crippen molar-refractivity contribution in [3.8, 4) is 16.9 Å². The number of amides is 1. The van der Waals surface area contributed by atoms with Gasteiger partial charge in [-0.3, -0.25) is 14.8 Å². The average Bonchev–Trinajstić information content (AvgIpc) is 2.91. The van der Waals surface area contributed by atoms with E-state index in [0.29, 0.717) is 44.9 Å². The van der Waals surface area contributed by atoms with Gasteiger partial charge in [0.15, 0.2) is 0 Å². The lowest BCUT2D eigenvalue weighted by molar-refractivity contribution is 0.0570. The average molecular weight is 480 g/mol. The maximum Gasteiger partial charge on any atom is 0.256 e. The monoisotopic (exact) mass is 479 g/mol. The van der Waals surface area contributed by atoms with E-state index in [4.69, 9.17) is 9.47 Å². The zero-order chi connectivity index (χ0) is 24.7. The van der Waals surface area contributed by atoms with Gasteiger partial charge in [-0.25, -0.2) is 0 Å². The SMILES string of the molecule is Cc1ncccc1C(=O)N1CCOCCOc2ccc(-c3cccnc3)cc2Cc2cccc(c2)C1. The molecule has 4 aromatic rings. The Kier molecular flexibility index (Phi) is 7.33. The molecule has 0 spiro atoms. The van der Waals surface area contributed by atoms with E-state index in [0.717, 1.165) is 33.7 Å². The third kappa shape index (κ3) is 5.61. The fourth-order valence-corrected chi connectivity index (χ4v) is 4.47. The summed E-state index contributed by atoms with van der Waals surface area (Å²) >= 11 is 0. The summed E-state index contributed by atoms with van der Waals surface area (Å²) < 4.78 is 12.0. The Morgan fingerprint density at radius 3 is 2.64 bits per heavy atom. The minimum absolute atomic E-state index is 0.0376. The van der Waals surface area contributed by atoms with Crippen molar-refractivity contribution in [1.82, 2.24) is 14.9 Å². The molecule has 0 atom stereocenters. The van der Waals surface area contributed by atoms with Gasteiger partial charge in [0.2, 0.25) is 0 Å². The normalized spacial score (nSPS) is 14.3. The fraction of sp³-hybridized carbons (Fsp3) is 0.233. The van der Waals surface area contributed by atoms with Gasteiger partial charge in [-0.05, 0) is 59.5 Å². The van der Waals surface area contributed by atoms with Crippen molar-refractivity contribution < 1.29 is 14.3 Å². The van der Waals surface area contributed by atoms with Crippen LogP contribution in [0.5, 0.6) is 5.75 Å². The van der Waals surface area contributed by atoms with Gasteiger partial charge in [0, 0.05) is 49.4 Å². The number of aromatic nitrogens is 2. The number of carbonyl (C=O) groups is 1. The van der Waals surface area contributed by atoms with Crippen molar-refractivity contribution in [2.75, 3.05) is 26.4 Å². The highest BCUT2D eigenvalue weighted by Crippen LogP contribution is 2.29. The van der Waals surface area contributed by atoms with E-state index in [9.17, 15) is 4.79 Å². The Bertz CT molecular complexity index is 1340. The molecule has 1 aliphatic rings. The van der Waals surface area contributed by atoms with E-state index < -0.39 is 0 Å². The molecule has 2 aromatic heterocycles. The first kappa shape index (κ1) is 23.7. The second-order valence-electron chi connectivity index (χ2n) is 8.88. The Morgan fingerprint density at radius 1 is 0.889 bits per heavy atom. The molecule has 1 aliphatic heterocycles. The standard InChI is InChI=1S/C30H29N3O3/c1-22-28(8-4-12-32-22)30(34)33-13-14-35-15-16-36-29-10-9-25(26-7-3-11-31-20-26)19-27(29)18-23-5-2-6-24(17-23)21-33/h2-12,17,19-20H,13-16,18,21H2,1H3. The fourth-order valence-electron chi connectivity index (χ4n) is 4.47. The van der Waals surface area contributed by atoms with Gasteiger partial charge in [-0.15, -0.1) is 0 Å². The van der Waals surface area contributed by atoms with Crippen LogP contribution in [-0.2, 0) is 17.7 Å². The molecule has 6 nitrogen and oxygen atoms in total. The third-order valence-corrected chi connectivity index (χ3v) is 6.33. The molecule has 5 rings (SSSR count). The second kappa shape index (κ2) is 11.1. The molecule has 36 heavy (non-hydrogen) atoms. The summed E-state index contributed by atoms with van der Waals surface area (Å²) in [6.45, 7) is 4.17. The number of pyridine rings is 2. The quantitative estimate of drug-likeness (QED) is 0.401. The molecule has 182 valence electrons. The van der Waals surface area contributed by atoms with Crippen molar-refractivity contribution in [3.05, 3.63) is 113 Å². The maximum atomic E-state index is 13.4. The molecule has 6 heteroatoms. The van der Waals surface area contributed by atoms with Gasteiger partial charge in [0.25, 0.3) is 5.91 Å². The smallest absolute Gasteiger partial charge is 0.256 e. The highest BCUT2D eigenvalue weighted by molar-refractivity contribution is 5.95. The van der Waals surface area contributed by atoms with Gasteiger partial charge in [-0.1, -0.05) is 36.4 Å². The lowest BCUT2D eigenvalue weighted by atomic mass is 9.98. The Hall–Kier alpha value is -4.03. The van der Waals surface area contributed by atoms with Crippen molar-refractivity contribution in [3.63, 3.8) is 0 Å². The first-order valence-electron chi connectivity index (χ1n) is 12.2. The Labute approximate surface area is 211 Å². The minimum atomic E-state index is -0.0376. The van der Waals surface area contributed by atoms with E-state index in [-0.39, 0.29) is 5.91 Å². The summed E-state index contributed by atoms with van der Waals surface area (Å²) in [5.41, 5.74) is 6.86. The van der Waals surface area contributed by atoms with Crippen LogP contribution in [0.1, 0.15) is 32.7 Å². The Balaban J connectivity index is 1.45. The van der Waals surface area contributed by atoms with Crippen molar-refractivity contribution in [2.24, 2.45) is 0 Å². The summed E-state index contributed by atoms with van der Waals surface area (Å²) in [5, 5.41) is 0. The number of carbonyl (C=O) groups excluding carboxylic acids is 1. The van der Waals surface area contributed by atoms with Crippen molar-refractivity contribution in [1.29, 1.82) is 0 Å². The first-order valence-corrected chi connectivity index (χ1v) is 12.2. The van der Waals surface area contributed by atoms with E-state index in [1.165, 1.54) is 5.56 Å². The van der Waals surface area contributed by atoms with Crippen LogP contribution in [0.2, 0.25) is 0 Å². The maximum absolute atomic E-state index is 13.4. The molecule has 0 N–H and O–H groups in total. The summed E-state index contributed by atoms with van der Waals surface area (Å²) in [4.78, 5) is 23.8. The number of benzene rings is 2. The molecule has 2 bridgehead atoms. The second-order valence-corrected chi connectivity index (χ2v) is 8.88. The largest absolute Gasteiger partial charge is 0.491 e. The van der Waals surface area contributed by atoms with Crippen LogP contribution in [0.3, 0.4) is 0 Å². The molecular weight excluding hydrogens is 450 g/mol. The van der Waals surface area contributed by atoms with Crippen LogP contribution in [-0.4, -0.2) is 47.1 Å². The van der Waals surface area contributed by atoms with Crippen LogP contribution in [0, 0.1) is 6.92 Å². The van der Waals surface area contributed by atoms with Gasteiger partial charge < -0.3 is 14.4 Å². The molecule has 0 aliphatic carbocycles. The first-order chi connectivity index (χ1) is 17.7. The van der Waals surface area contributed by atoms with Crippen LogP contribution in [0.25, 0.3) is 11.1 Å². The number of hydrogen-bond acceptors (Lipinski definition) is 5. The number of nitrogens with zero attached hydrogens (tertiary/aromatic N) is 3. The molecule has 2 aromatic carbocycles. The molecule has 0 saturated carbocycles. The van der Waals surface area contributed by atoms with Crippen LogP contribution in [0.4, 0.5) is 0 Å². The summed E-state index contributed by atoms with van der Waals surface area (Å²) in [5.74, 6) is 0.821. The molecule has 0 saturated heterocycles. The van der Waals surface area contributed by atoms with Crippen molar-refractivity contribution >= 4 is 5.91 Å². The Morgan fingerprint density at radius 2 is 1.78 bits per heavy atom. The molecular formula is C30H29N3O3. The molecule has 0 fully saturated rings. The highest BCUT2D eigenvalue weighted by Gasteiger charge is 2.19. The summed E-state index contributed by atoms with van der Waals surface area (Å²) in [7, 11) is 0. The highest BCUT2D eigenvalue weighted by atomic mass is 16.5. The van der Waals surface area contributed by atoms with Crippen LogP contribution < -0.4 is 4.74 Å². The number of rotatable bonds is 2. The predicted octanol–water partition coefficient (Wildman–Crippen LogP) is 5.09. The van der Waals surface area contributed by atoms with Gasteiger partial charge in [0.1, 0.15) is 12.4 Å².